The first-order valence-electron chi connectivity index (χ1n) is 10.2. The van der Waals surface area contributed by atoms with Crippen molar-refractivity contribution < 1.29 is 33.5 Å². The molecule has 160 valence electrons. The van der Waals surface area contributed by atoms with Crippen molar-refractivity contribution in [2.45, 2.75) is 37.4 Å². The summed E-state index contributed by atoms with van der Waals surface area (Å²) in [5.41, 5.74) is 1.93. The van der Waals surface area contributed by atoms with Crippen LogP contribution in [0.25, 0.3) is 0 Å². The van der Waals surface area contributed by atoms with E-state index in [1.807, 2.05) is 24.3 Å². The molecule has 7 nitrogen and oxygen atoms in total. The van der Waals surface area contributed by atoms with E-state index < -0.39 is 5.79 Å². The molecule has 0 spiro atoms. The fourth-order valence-electron chi connectivity index (χ4n) is 5.08. The van der Waals surface area contributed by atoms with E-state index >= 15 is 0 Å². The van der Waals surface area contributed by atoms with E-state index in [-0.39, 0.29) is 18.6 Å². The SMILES string of the molecule is COc1cc(C2c3cc4c(cc3OC3(O)CCCCC23)OCO4)cc(OC)c1OC. The van der Waals surface area contributed by atoms with E-state index in [4.69, 9.17) is 28.4 Å². The van der Waals surface area contributed by atoms with Gasteiger partial charge in [-0.25, -0.2) is 0 Å². The van der Waals surface area contributed by atoms with Crippen LogP contribution in [0.5, 0.6) is 34.5 Å². The number of fused-ring (bicyclic) bond motifs is 3. The Morgan fingerprint density at radius 1 is 0.900 bits per heavy atom. The maximum Gasteiger partial charge on any atom is 0.231 e. The molecule has 0 radical (unpaired) electrons. The van der Waals surface area contributed by atoms with Gasteiger partial charge in [-0.1, -0.05) is 6.42 Å². The topological polar surface area (TPSA) is 75.6 Å². The lowest BCUT2D eigenvalue weighted by atomic mass is 9.68. The Bertz CT molecular complexity index is 947. The van der Waals surface area contributed by atoms with Gasteiger partial charge in [0.2, 0.25) is 18.3 Å². The molecule has 1 N–H and O–H groups in total. The average Bonchev–Trinajstić information content (AvgIpc) is 3.21. The number of methoxy groups -OCH3 is 3. The first-order valence-corrected chi connectivity index (χ1v) is 10.2. The molecule has 2 heterocycles. The number of rotatable bonds is 4. The van der Waals surface area contributed by atoms with Gasteiger partial charge in [-0.05, 0) is 36.6 Å². The third kappa shape index (κ3) is 2.83. The fraction of sp³-hybridized carbons (Fsp3) is 0.478. The van der Waals surface area contributed by atoms with Crippen molar-refractivity contribution in [1.82, 2.24) is 0 Å². The van der Waals surface area contributed by atoms with Crippen LogP contribution in [-0.4, -0.2) is 39.0 Å². The van der Waals surface area contributed by atoms with E-state index in [2.05, 4.69) is 0 Å². The Kier molecular flexibility index (Phi) is 4.58. The van der Waals surface area contributed by atoms with Gasteiger partial charge in [0.1, 0.15) is 5.75 Å². The van der Waals surface area contributed by atoms with Crippen molar-refractivity contribution in [2.24, 2.45) is 5.92 Å². The molecule has 1 fully saturated rings. The van der Waals surface area contributed by atoms with Crippen LogP contribution in [0.1, 0.15) is 42.7 Å². The van der Waals surface area contributed by atoms with Crippen molar-refractivity contribution in [3.05, 3.63) is 35.4 Å². The molecule has 2 aromatic carbocycles. The Labute approximate surface area is 175 Å². The lowest BCUT2D eigenvalue weighted by molar-refractivity contribution is -0.208. The highest BCUT2D eigenvalue weighted by Gasteiger charge is 2.51. The standard InChI is InChI=1S/C23H26O7/c1-25-19-8-13(9-20(26-2)22(19)27-3)21-14-10-17-18(29-12-28-17)11-16(14)30-23(24)7-5-4-6-15(21)23/h8-11,15,21,24H,4-7,12H2,1-3H3. The minimum Gasteiger partial charge on any atom is -0.493 e. The van der Waals surface area contributed by atoms with Crippen LogP contribution in [0.4, 0.5) is 0 Å². The van der Waals surface area contributed by atoms with Crippen molar-refractivity contribution in [3.8, 4) is 34.5 Å². The highest BCUT2D eigenvalue weighted by Crippen LogP contribution is 2.56. The molecule has 30 heavy (non-hydrogen) atoms. The second kappa shape index (κ2) is 7.16. The zero-order valence-electron chi connectivity index (χ0n) is 17.4. The molecular formula is C23H26O7. The molecule has 7 heteroatoms. The van der Waals surface area contributed by atoms with Crippen LogP contribution in [0, 0.1) is 5.92 Å². The summed E-state index contributed by atoms with van der Waals surface area (Å²) in [5, 5.41) is 11.5. The third-order valence-electron chi connectivity index (χ3n) is 6.45. The van der Waals surface area contributed by atoms with Gasteiger partial charge < -0.3 is 33.5 Å². The van der Waals surface area contributed by atoms with Gasteiger partial charge in [0.25, 0.3) is 0 Å². The van der Waals surface area contributed by atoms with E-state index in [0.717, 1.165) is 30.4 Å². The van der Waals surface area contributed by atoms with Crippen molar-refractivity contribution >= 4 is 0 Å². The van der Waals surface area contributed by atoms with E-state index in [0.29, 0.717) is 40.9 Å². The number of benzene rings is 2. The number of hydrogen-bond donors (Lipinski definition) is 1. The molecule has 1 aliphatic carbocycles. The predicted octanol–water partition coefficient (Wildman–Crippen LogP) is 3.84. The van der Waals surface area contributed by atoms with Crippen molar-refractivity contribution in [3.63, 3.8) is 0 Å². The summed E-state index contributed by atoms with van der Waals surface area (Å²) in [6, 6.07) is 7.71. The van der Waals surface area contributed by atoms with Gasteiger partial charge in [0.05, 0.1) is 21.3 Å². The summed E-state index contributed by atoms with van der Waals surface area (Å²) in [7, 11) is 4.80. The van der Waals surface area contributed by atoms with Gasteiger partial charge >= 0.3 is 0 Å². The van der Waals surface area contributed by atoms with Crippen LogP contribution in [0.2, 0.25) is 0 Å². The highest BCUT2D eigenvalue weighted by atomic mass is 16.7. The molecule has 3 aliphatic rings. The monoisotopic (exact) mass is 414 g/mol. The average molecular weight is 414 g/mol. The lowest BCUT2D eigenvalue weighted by Crippen LogP contribution is -2.51. The summed E-state index contributed by atoms with van der Waals surface area (Å²) < 4.78 is 34.0. The summed E-state index contributed by atoms with van der Waals surface area (Å²) in [6.07, 6.45) is 3.41. The molecule has 5 rings (SSSR count). The fourth-order valence-corrected chi connectivity index (χ4v) is 5.08. The van der Waals surface area contributed by atoms with Crippen LogP contribution in [0.3, 0.4) is 0 Å². The lowest BCUT2D eigenvalue weighted by Gasteiger charge is -2.48. The number of hydrogen-bond acceptors (Lipinski definition) is 7. The Morgan fingerprint density at radius 3 is 2.27 bits per heavy atom. The van der Waals surface area contributed by atoms with Gasteiger partial charge in [0, 0.05) is 29.9 Å². The molecular weight excluding hydrogens is 388 g/mol. The number of aliphatic hydroxyl groups is 1. The Balaban J connectivity index is 1.72. The third-order valence-corrected chi connectivity index (χ3v) is 6.45. The largest absolute Gasteiger partial charge is 0.493 e. The van der Waals surface area contributed by atoms with Gasteiger partial charge in [-0.15, -0.1) is 0 Å². The normalized spacial score (nSPS) is 26.3. The number of ether oxygens (including phenoxy) is 6. The molecule has 3 atom stereocenters. The highest BCUT2D eigenvalue weighted by molar-refractivity contribution is 5.60. The minimum absolute atomic E-state index is 0.109. The zero-order chi connectivity index (χ0) is 20.9. The molecule has 3 unspecified atom stereocenters. The smallest absolute Gasteiger partial charge is 0.231 e. The van der Waals surface area contributed by atoms with Crippen LogP contribution in [0.15, 0.2) is 24.3 Å². The van der Waals surface area contributed by atoms with Gasteiger partial charge in [0.15, 0.2) is 23.0 Å². The maximum atomic E-state index is 11.5. The van der Waals surface area contributed by atoms with Crippen molar-refractivity contribution in [2.75, 3.05) is 28.1 Å². The molecule has 0 bridgehead atoms. The van der Waals surface area contributed by atoms with E-state index in [9.17, 15) is 5.11 Å². The summed E-state index contributed by atoms with van der Waals surface area (Å²) in [5.74, 6) is 2.19. The summed E-state index contributed by atoms with van der Waals surface area (Å²) >= 11 is 0. The van der Waals surface area contributed by atoms with Gasteiger partial charge in [-0.2, -0.15) is 0 Å². The molecule has 1 saturated carbocycles. The first kappa shape index (κ1) is 19.2. The molecule has 2 aliphatic heterocycles. The van der Waals surface area contributed by atoms with Crippen LogP contribution >= 0.6 is 0 Å². The molecule has 0 amide bonds. The van der Waals surface area contributed by atoms with Crippen molar-refractivity contribution in [1.29, 1.82) is 0 Å². The van der Waals surface area contributed by atoms with Gasteiger partial charge in [-0.3, -0.25) is 0 Å². The van der Waals surface area contributed by atoms with E-state index in [1.54, 1.807) is 21.3 Å². The Morgan fingerprint density at radius 2 is 1.60 bits per heavy atom. The maximum absolute atomic E-state index is 11.5. The quantitative estimate of drug-likeness (QED) is 0.815. The van der Waals surface area contributed by atoms with E-state index in [1.165, 1.54) is 0 Å². The summed E-state index contributed by atoms with van der Waals surface area (Å²) in [4.78, 5) is 0. The van der Waals surface area contributed by atoms with Crippen LogP contribution < -0.4 is 28.4 Å². The second-order valence-electron chi connectivity index (χ2n) is 7.98. The predicted molar refractivity (Wildman–Crippen MR) is 108 cm³/mol. The first-order chi connectivity index (χ1) is 14.6. The van der Waals surface area contributed by atoms with Crippen LogP contribution in [-0.2, 0) is 0 Å². The molecule has 0 aromatic heterocycles. The second-order valence-corrected chi connectivity index (χ2v) is 7.98. The summed E-state index contributed by atoms with van der Waals surface area (Å²) in [6.45, 7) is 0.181. The molecule has 2 aromatic rings. The minimum atomic E-state index is -1.23. The zero-order valence-corrected chi connectivity index (χ0v) is 17.4. The Hall–Kier alpha value is -2.80. The molecule has 0 saturated heterocycles.